The number of rotatable bonds is 28. The molecule has 34 nitrogen and oxygen atoms in total. The standard InChI is InChI=1S/C20H25N5O3.2C19H17ClF3N5.C17H20N4O3.C16H14FN5.C14H17N3O/c26-18-3-1-2-16(12-18)14-21-15-17-13-19(24-4-8-27-9-5-24)23-20(22-17)25-6-10-28-11-7-25;1-12-17(20)14(28-18(27-12)15-5-2-3-9-24-15)6-4-10-25-16-8-7-13(11-26-16)19(21,22)23;1-12-17(20)14(28-18(27-12)15-5-2-3-8-24-15)6-4-9-25-16-11-13(7-10-26-16)19(21,22)23;1-12-19-14(8-17(20-12)21-4-6-24-7-5-21)11-18-10-13-2-3-15(22)9-16(13)23;17-12-6-2-1-5-10(12)9-11-14(18)21-16(22-15(11)19)13-7-3-4-8-20-13;1-10(2)8-12-13(18-3)9-16-14(17-12)11-6-4-5-7-15-11/h1-3,12-14,26H,4-11,15H2;2-3,5,7-9,11H,4,6,10H2,1H3,(H,25,26);2-3,5,7-8,10-11H,4,6,9H2,1H3,(H,25,26);2-3,8-10,22-23H,4-7,11H2,1H3;1-8H,9H2,(H4,18,19,21,22);4-7,9-10H,8H2,1-3H3. The first-order valence-corrected chi connectivity index (χ1v) is 48.0. The molecule has 0 radical (unpaired) electrons. The summed E-state index contributed by atoms with van der Waals surface area (Å²) in [4.78, 5) is 93.5. The fourth-order valence-corrected chi connectivity index (χ4v) is 15.1. The number of nitrogens with zero attached hydrogens (tertiary/aromatic N) is 23. The molecule has 15 aromatic rings. The minimum Gasteiger partial charge on any atom is -0.508 e. The Morgan fingerprint density at radius 3 is 1.47 bits per heavy atom. The van der Waals surface area contributed by atoms with E-state index in [1.165, 1.54) is 24.3 Å². The number of nitrogens with two attached hydrogens (primary N) is 2. The van der Waals surface area contributed by atoms with Crippen LogP contribution < -0.4 is 41.5 Å². The van der Waals surface area contributed by atoms with Crippen LogP contribution in [0.15, 0.2) is 229 Å². The predicted octanol–water partition coefficient (Wildman–Crippen LogP) is 18.2. The molecule has 3 aliphatic rings. The van der Waals surface area contributed by atoms with Gasteiger partial charge in [-0.1, -0.05) is 91.6 Å². The van der Waals surface area contributed by atoms with Crippen LogP contribution >= 0.6 is 23.2 Å². The monoisotopic (exact) mass is 2060 g/mol. The number of hydrogen-bond acceptors (Lipinski definition) is 34. The molecule has 15 heterocycles. The maximum Gasteiger partial charge on any atom is 0.417 e. The van der Waals surface area contributed by atoms with Gasteiger partial charge in [0.05, 0.1) is 127 Å². The van der Waals surface area contributed by atoms with Gasteiger partial charge in [0, 0.05) is 138 Å². The zero-order valence-corrected chi connectivity index (χ0v) is 83.4. The maximum atomic E-state index is 13.8. The Hall–Kier alpha value is -15.9. The number of benzene rings is 3. The van der Waals surface area contributed by atoms with Crippen molar-refractivity contribution >= 4 is 76.5 Å². The number of phenolic OH excluding ortho intramolecular Hbond substituents is 3. The molecule has 3 saturated heterocycles. The number of phenols is 3. The molecule has 770 valence electrons. The second-order valence-electron chi connectivity index (χ2n) is 33.8. The molecule has 18 rings (SSSR count). The number of morpholine rings is 3. The van der Waals surface area contributed by atoms with Crippen molar-refractivity contribution in [2.75, 3.05) is 136 Å². The highest BCUT2D eigenvalue weighted by molar-refractivity contribution is 6.32. The number of nitrogen functional groups attached to an aromatic ring is 2. The van der Waals surface area contributed by atoms with Gasteiger partial charge in [0.25, 0.3) is 0 Å². The van der Waals surface area contributed by atoms with Crippen LogP contribution in [0.1, 0.15) is 106 Å². The van der Waals surface area contributed by atoms with E-state index in [0.717, 1.165) is 128 Å². The number of aromatic nitrogens is 18. The van der Waals surface area contributed by atoms with Crippen molar-refractivity contribution in [3.8, 4) is 69.1 Å². The van der Waals surface area contributed by atoms with E-state index >= 15 is 0 Å². The summed E-state index contributed by atoms with van der Waals surface area (Å²) in [6, 6.07) is 48.1. The smallest absolute Gasteiger partial charge is 0.417 e. The number of ether oxygens (including phenoxy) is 4. The fraction of sp³-hybridized carbons (Fsp3) is 0.295. The molecule has 3 aromatic carbocycles. The number of nitrogens with one attached hydrogen (secondary N) is 2. The van der Waals surface area contributed by atoms with Gasteiger partial charge in [0.15, 0.2) is 29.0 Å². The first kappa shape index (κ1) is 109. The number of anilines is 7. The molecular formula is C105H110Cl2F7N27O7. The zero-order valence-electron chi connectivity index (χ0n) is 81.9. The first-order valence-electron chi connectivity index (χ1n) is 47.3. The van der Waals surface area contributed by atoms with Crippen LogP contribution in [0.4, 0.5) is 71.6 Å². The largest absolute Gasteiger partial charge is 0.508 e. The van der Waals surface area contributed by atoms with Crippen molar-refractivity contribution in [1.29, 1.82) is 0 Å². The molecule has 0 spiro atoms. The second-order valence-corrected chi connectivity index (χ2v) is 34.5. The van der Waals surface area contributed by atoms with E-state index < -0.39 is 23.5 Å². The number of hydrogen-bond donors (Lipinski definition) is 7. The van der Waals surface area contributed by atoms with Crippen molar-refractivity contribution in [2.45, 2.75) is 98.6 Å². The average Bonchev–Trinajstić information content (AvgIpc) is 0.822. The molecule has 0 saturated carbocycles. The Balaban J connectivity index is 0.000000149. The summed E-state index contributed by atoms with van der Waals surface area (Å²) in [6.45, 7) is 20.6. The highest BCUT2D eigenvalue weighted by atomic mass is 35.5. The van der Waals surface area contributed by atoms with Crippen molar-refractivity contribution in [3.63, 3.8) is 0 Å². The third-order valence-electron chi connectivity index (χ3n) is 22.2. The molecule has 148 heavy (non-hydrogen) atoms. The van der Waals surface area contributed by atoms with Crippen molar-refractivity contribution in [2.24, 2.45) is 15.9 Å². The lowest BCUT2D eigenvalue weighted by molar-refractivity contribution is -0.138. The Morgan fingerprint density at radius 1 is 0.466 bits per heavy atom. The summed E-state index contributed by atoms with van der Waals surface area (Å²) in [5, 5.41) is 35.5. The summed E-state index contributed by atoms with van der Waals surface area (Å²) >= 11 is 12.6. The molecule has 12 aromatic heterocycles. The summed E-state index contributed by atoms with van der Waals surface area (Å²) < 4.78 is 111. The molecule has 3 fully saturated rings. The van der Waals surface area contributed by atoms with E-state index in [-0.39, 0.29) is 46.9 Å². The lowest BCUT2D eigenvalue weighted by atomic mass is 10.1. The van der Waals surface area contributed by atoms with Crippen LogP contribution in [0, 0.1) is 32.5 Å². The average molecular weight is 2070 g/mol. The van der Waals surface area contributed by atoms with Gasteiger partial charge in [-0.3, -0.25) is 29.9 Å². The van der Waals surface area contributed by atoms with E-state index in [1.54, 1.807) is 118 Å². The van der Waals surface area contributed by atoms with E-state index in [1.807, 2.05) is 86.6 Å². The Morgan fingerprint density at radius 2 is 0.966 bits per heavy atom. The van der Waals surface area contributed by atoms with Crippen LogP contribution in [-0.4, -0.2) is 217 Å². The van der Waals surface area contributed by atoms with Crippen molar-refractivity contribution in [1.82, 2.24) is 89.7 Å². The van der Waals surface area contributed by atoms with Gasteiger partial charge in [-0.15, -0.1) is 0 Å². The summed E-state index contributed by atoms with van der Waals surface area (Å²) in [6.07, 6.45) is 8.41. The lowest BCUT2D eigenvalue weighted by Crippen LogP contribution is -2.39. The molecule has 43 heteroatoms. The molecule has 0 amide bonds. The minimum absolute atomic E-state index is 0.00776. The number of aryl methyl sites for hydroxylation is 5. The third-order valence-corrected chi connectivity index (χ3v) is 23.2. The number of aliphatic imine (C=N–C) groups is 2. The van der Waals surface area contributed by atoms with Gasteiger partial charge in [0.2, 0.25) is 5.95 Å². The normalized spacial score (nSPS) is 13.1. The van der Waals surface area contributed by atoms with Gasteiger partial charge in [-0.25, -0.2) is 69.2 Å². The predicted molar refractivity (Wildman–Crippen MR) is 554 cm³/mol. The number of pyridine rings is 6. The summed E-state index contributed by atoms with van der Waals surface area (Å²) in [5.74, 6) is 7.46. The van der Waals surface area contributed by atoms with Crippen LogP contribution in [-0.2, 0) is 65.3 Å². The van der Waals surface area contributed by atoms with Gasteiger partial charge in [-0.2, -0.15) is 31.3 Å². The van der Waals surface area contributed by atoms with Crippen LogP contribution in [0.5, 0.6) is 23.0 Å². The van der Waals surface area contributed by atoms with Crippen molar-refractivity contribution < 1.29 is 65.0 Å². The highest BCUT2D eigenvalue weighted by Crippen LogP contribution is 2.34. The Labute approximate surface area is 860 Å². The number of aromatic hydroxyl groups is 3. The Bertz CT molecular complexity index is 6800. The molecule has 0 bridgehead atoms. The molecule has 0 aliphatic carbocycles. The van der Waals surface area contributed by atoms with Crippen LogP contribution in [0.3, 0.4) is 0 Å². The zero-order chi connectivity index (χ0) is 105. The molecular weight excluding hydrogens is 1960 g/mol. The number of alkyl halides is 6. The van der Waals surface area contributed by atoms with Gasteiger partial charge >= 0.3 is 12.4 Å². The van der Waals surface area contributed by atoms with Crippen LogP contribution in [0.2, 0.25) is 10.0 Å². The third kappa shape index (κ3) is 33.3. The van der Waals surface area contributed by atoms with E-state index in [0.29, 0.717) is 199 Å². The molecule has 3 aliphatic heterocycles. The number of halogens is 9. The highest BCUT2D eigenvalue weighted by Gasteiger charge is 2.33. The first-order chi connectivity index (χ1) is 71.4. The minimum atomic E-state index is -4.40. The van der Waals surface area contributed by atoms with Gasteiger partial charge in [0.1, 0.15) is 86.6 Å². The van der Waals surface area contributed by atoms with E-state index in [9.17, 15) is 46.1 Å². The molecule has 0 unspecified atom stereocenters. The number of methoxy groups -OCH3 is 1. The quantitative estimate of drug-likeness (QED) is 0.0136. The molecule has 0 atom stereocenters. The van der Waals surface area contributed by atoms with Crippen LogP contribution in [0.25, 0.3) is 46.1 Å². The SMILES string of the molecule is COc1cnc(-c2ccccn2)nc1CC(C)C.Cc1nc(-c2ccccn2)nc(CCCNc2cc(C(F)(F)F)ccn2)c1Cl.Cc1nc(-c2ccccn2)nc(CCCNc2ccc(C(F)(F)F)cn2)c1Cl.Cc1nc(CN=Cc2ccc(O)cc2O)cc(N2CCOCC2)n1.Nc1nc(-c2ccccn2)nc(N)c1Cc1ccccc1F.Oc1cccc(C=NCc2cc(N3CCOCC3)nc(N3CCOCC3)n2)c1. The van der Waals surface area contributed by atoms with Gasteiger partial charge < -0.3 is 71.1 Å². The summed E-state index contributed by atoms with van der Waals surface area (Å²) in [5.41, 5.74) is 20.9. The Kier molecular flexibility index (Phi) is 40.2. The van der Waals surface area contributed by atoms with E-state index in [4.69, 9.17) is 63.6 Å². The summed E-state index contributed by atoms with van der Waals surface area (Å²) in [7, 11) is 1.64. The fourth-order valence-electron chi connectivity index (χ4n) is 14.8. The van der Waals surface area contributed by atoms with Crippen molar-refractivity contribution in [3.05, 3.63) is 314 Å². The maximum absolute atomic E-state index is 13.8. The van der Waals surface area contributed by atoms with Gasteiger partial charge in [-0.05, 0) is 173 Å². The van der Waals surface area contributed by atoms with E-state index in [2.05, 4.69) is 129 Å². The lowest BCUT2D eigenvalue weighted by Gasteiger charge is -2.31. The second kappa shape index (κ2) is 54.4. The topological polar surface area (TPSA) is 440 Å². The molecule has 9 N–H and O–H groups in total.